The summed E-state index contributed by atoms with van der Waals surface area (Å²) in [6, 6.07) is 0. The topological polar surface area (TPSA) is 183 Å². The Morgan fingerprint density at radius 1 is 0.739 bits per heavy atom. The molecule has 126 valence electrons. The molecule has 2 aliphatic heterocycles. The van der Waals surface area contributed by atoms with Gasteiger partial charge in [0.25, 0.3) is 32.1 Å². The molecular formula is C8H6N2O10S3. The highest BCUT2D eigenvalue weighted by Gasteiger charge is 2.53. The first-order valence-electron chi connectivity index (χ1n) is 5.43. The molecule has 12 nitrogen and oxygen atoms in total. The highest BCUT2D eigenvalue weighted by molar-refractivity contribution is 7.97. The van der Waals surface area contributed by atoms with Crippen LogP contribution in [0.1, 0.15) is 12.8 Å². The van der Waals surface area contributed by atoms with Gasteiger partial charge in [-0.3, -0.25) is 28.3 Å². The number of carbonyl (C=O) groups is 4. The summed E-state index contributed by atoms with van der Waals surface area (Å²) in [5, 5.41) is -2.29. The van der Waals surface area contributed by atoms with E-state index in [0.29, 0.717) is 0 Å². The molecule has 2 radical (unpaired) electrons. The van der Waals surface area contributed by atoms with E-state index in [9.17, 15) is 36.0 Å². The average molecular weight is 386 g/mol. The zero-order valence-corrected chi connectivity index (χ0v) is 13.1. The van der Waals surface area contributed by atoms with Crippen LogP contribution < -0.4 is 0 Å². The van der Waals surface area contributed by atoms with Crippen LogP contribution in [0.4, 0.5) is 0 Å². The maximum absolute atomic E-state index is 11.7. The van der Waals surface area contributed by atoms with Crippen LogP contribution in [0.3, 0.4) is 0 Å². The normalized spacial score (nSPS) is 21.8. The summed E-state index contributed by atoms with van der Waals surface area (Å²) in [7, 11) is -9.90. The summed E-state index contributed by atoms with van der Waals surface area (Å²) >= 11 is -0.137. The van der Waals surface area contributed by atoms with Crippen molar-refractivity contribution in [3.8, 4) is 0 Å². The first-order valence-corrected chi connectivity index (χ1v) is 9.04. The molecule has 0 aromatic carbocycles. The second-order valence-electron chi connectivity index (χ2n) is 4.22. The fraction of sp³-hybridized carbons (Fsp3) is 0.250. The quantitative estimate of drug-likeness (QED) is 0.306. The summed E-state index contributed by atoms with van der Waals surface area (Å²) in [5.41, 5.74) is 0. The van der Waals surface area contributed by atoms with Crippen molar-refractivity contribution >= 4 is 56.0 Å². The van der Waals surface area contributed by atoms with Gasteiger partial charge in [0.15, 0.2) is 0 Å². The highest BCUT2D eigenvalue weighted by Crippen LogP contribution is 2.37. The van der Waals surface area contributed by atoms with E-state index in [2.05, 4.69) is 0 Å². The zero-order valence-electron chi connectivity index (χ0n) is 10.7. The molecular weight excluding hydrogens is 380 g/mol. The lowest BCUT2D eigenvalue weighted by molar-refractivity contribution is -0.132. The lowest BCUT2D eigenvalue weighted by Crippen LogP contribution is -2.34. The Morgan fingerprint density at radius 2 is 1.04 bits per heavy atom. The number of hydrogen-bond donors (Lipinski definition) is 2. The summed E-state index contributed by atoms with van der Waals surface area (Å²) in [6.45, 7) is 0. The van der Waals surface area contributed by atoms with Gasteiger partial charge in [-0.2, -0.15) is 16.8 Å². The third-order valence-corrected chi connectivity index (χ3v) is 5.66. The van der Waals surface area contributed by atoms with Crippen LogP contribution in [0.25, 0.3) is 0 Å². The molecule has 0 bridgehead atoms. The summed E-state index contributed by atoms with van der Waals surface area (Å²) in [4.78, 5) is 46.6. The molecule has 0 saturated carbocycles. The molecule has 0 aliphatic carbocycles. The molecule has 23 heavy (non-hydrogen) atoms. The molecule has 15 heteroatoms. The minimum absolute atomic E-state index is 0.117. The standard InChI is InChI=1S/C8H6N2O10S3/c11-5-1-3(22(15,16)17)7(13)9(5)21-10-6(12)2-4(8(10)14)23(18,19)20/h1-2H2,(H,15,16,17)(H,18,19,20). The first-order chi connectivity index (χ1) is 10.3. The van der Waals surface area contributed by atoms with Gasteiger partial charge >= 0.3 is 0 Å². The van der Waals surface area contributed by atoms with E-state index >= 15 is 0 Å². The molecule has 2 rings (SSSR count). The van der Waals surface area contributed by atoms with Crippen molar-refractivity contribution in [3.63, 3.8) is 0 Å². The average Bonchev–Trinajstić information content (AvgIpc) is 2.81. The lowest BCUT2D eigenvalue weighted by Gasteiger charge is -2.18. The van der Waals surface area contributed by atoms with Gasteiger partial charge < -0.3 is 0 Å². The Kier molecular flexibility index (Phi) is 4.27. The highest BCUT2D eigenvalue weighted by atomic mass is 32.2. The number of carbonyl (C=O) groups excluding carboxylic acids is 4. The molecule has 0 unspecified atom stereocenters. The van der Waals surface area contributed by atoms with E-state index in [1.807, 2.05) is 0 Å². The van der Waals surface area contributed by atoms with E-state index in [-0.39, 0.29) is 20.7 Å². The van der Waals surface area contributed by atoms with E-state index in [1.165, 1.54) is 0 Å². The van der Waals surface area contributed by atoms with Crippen LogP contribution in [0.5, 0.6) is 0 Å². The van der Waals surface area contributed by atoms with Crippen LogP contribution in [-0.2, 0) is 39.4 Å². The minimum Gasteiger partial charge on any atom is -0.285 e. The number of hydrogen-bond acceptors (Lipinski definition) is 9. The van der Waals surface area contributed by atoms with Crippen LogP contribution >= 0.6 is 12.1 Å². The van der Waals surface area contributed by atoms with E-state index in [1.54, 1.807) is 0 Å². The van der Waals surface area contributed by atoms with Crippen LogP contribution in [0.2, 0.25) is 0 Å². The third kappa shape index (κ3) is 3.23. The van der Waals surface area contributed by atoms with Gasteiger partial charge in [0, 0.05) is 0 Å². The van der Waals surface area contributed by atoms with Crippen molar-refractivity contribution in [1.82, 2.24) is 8.61 Å². The Hall–Kier alpha value is -1.55. The number of nitrogens with zero attached hydrogens (tertiary/aromatic N) is 2. The Morgan fingerprint density at radius 3 is 1.26 bits per heavy atom. The predicted molar refractivity (Wildman–Crippen MR) is 70.1 cm³/mol. The zero-order chi connectivity index (χ0) is 17.7. The van der Waals surface area contributed by atoms with Gasteiger partial charge in [-0.1, -0.05) is 0 Å². The molecule has 0 aromatic heterocycles. The maximum atomic E-state index is 11.7. The molecule has 2 heterocycles. The molecule has 2 aliphatic rings. The molecule has 2 saturated heterocycles. The van der Waals surface area contributed by atoms with Gasteiger partial charge in [-0.05, 0) is 0 Å². The van der Waals surface area contributed by atoms with Gasteiger partial charge in [0.2, 0.25) is 22.3 Å². The third-order valence-electron chi connectivity index (χ3n) is 2.71. The number of amides is 4. The van der Waals surface area contributed by atoms with Crippen molar-refractivity contribution in [1.29, 1.82) is 0 Å². The molecule has 0 aromatic rings. The number of rotatable bonds is 4. The lowest BCUT2D eigenvalue weighted by atomic mass is 10.4. The van der Waals surface area contributed by atoms with Gasteiger partial charge in [0.05, 0.1) is 25.0 Å². The van der Waals surface area contributed by atoms with Crippen molar-refractivity contribution in [3.05, 3.63) is 10.5 Å². The minimum atomic E-state index is -4.95. The fourth-order valence-electron chi connectivity index (χ4n) is 1.67. The van der Waals surface area contributed by atoms with Crippen molar-refractivity contribution in [2.75, 3.05) is 0 Å². The summed E-state index contributed by atoms with van der Waals surface area (Å²) in [6.07, 6.45) is -1.95. The second-order valence-corrected chi connectivity index (χ2v) is 8.00. The molecule has 2 fully saturated rings. The van der Waals surface area contributed by atoms with Crippen LogP contribution in [-0.4, -0.2) is 58.2 Å². The van der Waals surface area contributed by atoms with Crippen molar-refractivity contribution < 1.29 is 45.1 Å². The predicted octanol–water partition coefficient (Wildman–Crippen LogP) is -2.09. The molecule has 4 amide bonds. The van der Waals surface area contributed by atoms with E-state index in [4.69, 9.17) is 9.11 Å². The molecule has 2 N–H and O–H groups in total. The summed E-state index contributed by atoms with van der Waals surface area (Å²) < 4.78 is 61.6. The van der Waals surface area contributed by atoms with E-state index < -0.39 is 67.2 Å². The Labute approximate surface area is 133 Å². The Bertz CT molecular complexity index is 747. The fourth-order valence-corrected chi connectivity index (χ4v) is 3.87. The van der Waals surface area contributed by atoms with Crippen LogP contribution in [0.15, 0.2) is 0 Å². The van der Waals surface area contributed by atoms with Crippen LogP contribution in [0, 0.1) is 10.5 Å². The second kappa shape index (κ2) is 5.52. The Balaban J connectivity index is 2.23. The SMILES string of the molecule is O=C1C[C](S(=O)(=O)O)C(=O)N1SN1C(=O)C[C](S(=O)(=O)O)C1=O. The summed E-state index contributed by atoms with van der Waals surface area (Å²) in [5.74, 6) is -5.23. The van der Waals surface area contributed by atoms with Crippen molar-refractivity contribution in [2.24, 2.45) is 0 Å². The number of imide groups is 2. The molecule has 0 spiro atoms. The van der Waals surface area contributed by atoms with Gasteiger partial charge in [-0.25, -0.2) is 8.61 Å². The monoisotopic (exact) mass is 386 g/mol. The molecule has 0 atom stereocenters. The maximum Gasteiger partial charge on any atom is 0.282 e. The largest absolute Gasteiger partial charge is 0.285 e. The van der Waals surface area contributed by atoms with Gasteiger partial charge in [-0.15, -0.1) is 0 Å². The smallest absolute Gasteiger partial charge is 0.282 e. The van der Waals surface area contributed by atoms with Gasteiger partial charge in [0.1, 0.15) is 0 Å². The van der Waals surface area contributed by atoms with Crippen molar-refractivity contribution in [2.45, 2.75) is 12.8 Å². The van der Waals surface area contributed by atoms with E-state index in [0.717, 1.165) is 0 Å². The first kappa shape index (κ1) is 17.8.